The lowest BCUT2D eigenvalue weighted by Crippen LogP contribution is -2.18. The number of H-pyrrole nitrogens is 1. The molecule has 0 atom stereocenters. The molecule has 0 spiro atoms. The van der Waals surface area contributed by atoms with E-state index in [0.29, 0.717) is 11.5 Å². The van der Waals surface area contributed by atoms with E-state index < -0.39 is 5.91 Å². The molecule has 2 N–H and O–H groups in total. The first-order valence-corrected chi connectivity index (χ1v) is 10.7. The van der Waals surface area contributed by atoms with Crippen LogP contribution in [0.15, 0.2) is 90.2 Å². The maximum atomic E-state index is 12.9. The van der Waals surface area contributed by atoms with Crippen molar-refractivity contribution in [2.45, 2.75) is 0 Å². The van der Waals surface area contributed by atoms with Crippen molar-refractivity contribution in [1.29, 1.82) is 0 Å². The largest absolute Gasteiger partial charge is 0.454 e. The number of nitrogens with zero attached hydrogens (tertiary/aromatic N) is 3. The zero-order valence-corrected chi connectivity index (χ0v) is 17.9. The molecule has 2 aromatic heterocycles. The number of benzene rings is 3. The van der Waals surface area contributed by atoms with Gasteiger partial charge in [-0.15, -0.1) is 0 Å². The van der Waals surface area contributed by atoms with Gasteiger partial charge in [0, 0.05) is 22.7 Å². The van der Waals surface area contributed by atoms with Crippen LogP contribution in [0.25, 0.3) is 27.8 Å². The van der Waals surface area contributed by atoms with Gasteiger partial charge in [-0.05, 0) is 48.0 Å². The van der Waals surface area contributed by atoms with Crippen LogP contribution in [0.5, 0.6) is 11.5 Å². The van der Waals surface area contributed by atoms with E-state index >= 15 is 0 Å². The number of hydrogen-bond donors (Lipinski definition) is 2. The number of fused-ring (bicyclic) bond motifs is 2. The second kappa shape index (κ2) is 8.25. The Morgan fingerprint density at radius 1 is 1.00 bits per heavy atom. The summed E-state index contributed by atoms with van der Waals surface area (Å²) in [4.78, 5) is 16.2. The van der Waals surface area contributed by atoms with Crippen molar-refractivity contribution in [2.75, 3.05) is 6.79 Å². The molecule has 0 radical (unpaired) electrons. The van der Waals surface area contributed by atoms with Crippen molar-refractivity contribution >= 4 is 23.0 Å². The van der Waals surface area contributed by atoms with E-state index in [9.17, 15) is 4.79 Å². The van der Waals surface area contributed by atoms with Gasteiger partial charge < -0.3 is 14.5 Å². The Kier molecular flexibility index (Phi) is 4.81. The highest BCUT2D eigenvalue weighted by molar-refractivity contribution is 5.98. The van der Waals surface area contributed by atoms with Gasteiger partial charge in [0.05, 0.1) is 17.6 Å². The number of hydrazone groups is 1. The molecule has 0 saturated heterocycles. The van der Waals surface area contributed by atoms with E-state index in [1.807, 2.05) is 66.9 Å². The zero-order chi connectivity index (χ0) is 22.9. The van der Waals surface area contributed by atoms with Crippen LogP contribution >= 0.6 is 0 Å². The van der Waals surface area contributed by atoms with Gasteiger partial charge in [-0.25, -0.2) is 10.1 Å². The van der Waals surface area contributed by atoms with Crippen molar-refractivity contribution in [3.05, 3.63) is 96.3 Å². The molecule has 8 nitrogen and oxygen atoms in total. The third kappa shape index (κ3) is 3.57. The molecule has 3 aromatic carbocycles. The third-order valence-electron chi connectivity index (χ3n) is 5.58. The first kappa shape index (κ1) is 19.8. The van der Waals surface area contributed by atoms with E-state index in [4.69, 9.17) is 9.47 Å². The van der Waals surface area contributed by atoms with Crippen LogP contribution in [0, 0.1) is 0 Å². The van der Waals surface area contributed by atoms with Crippen LogP contribution in [-0.2, 0) is 0 Å². The number of carbonyl (C=O) groups is 1. The van der Waals surface area contributed by atoms with Crippen molar-refractivity contribution in [3.63, 3.8) is 0 Å². The number of ether oxygens (including phenoxy) is 2. The molecule has 166 valence electrons. The Bertz CT molecular complexity index is 1530. The zero-order valence-electron chi connectivity index (χ0n) is 17.9. The summed E-state index contributed by atoms with van der Waals surface area (Å²) in [6.45, 7) is 0.204. The van der Waals surface area contributed by atoms with Gasteiger partial charge in [-0.2, -0.15) is 10.2 Å². The van der Waals surface area contributed by atoms with Crippen LogP contribution in [-0.4, -0.2) is 33.7 Å². The molecule has 1 aliphatic heterocycles. The molecule has 0 saturated carbocycles. The molecule has 6 rings (SSSR count). The molecule has 0 aliphatic carbocycles. The van der Waals surface area contributed by atoms with Gasteiger partial charge in [0.15, 0.2) is 17.2 Å². The summed E-state index contributed by atoms with van der Waals surface area (Å²) >= 11 is 0. The van der Waals surface area contributed by atoms with Crippen LogP contribution in [0.2, 0.25) is 0 Å². The van der Waals surface area contributed by atoms with E-state index in [1.165, 1.54) is 0 Å². The topological polar surface area (TPSA) is 93.5 Å². The summed E-state index contributed by atoms with van der Waals surface area (Å²) < 4.78 is 12.5. The summed E-state index contributed by atoms with van der Waals surface area (Å²) in [7, 11) is 0. The second-order valence-electron chi connectivity index (χ2n) is 7.72. The minimum atomic E-state index is -0.409. The van der Waals surface area contributed by atoms with Gasteiger partial charge in [-0.3, -0.25) is 4.79 Å². The molecular weight excluding hydrogens is 430 g/mol. The highest BCUT2D eigenvalue weighted by Gasteiger charge is 2.19. The first-order valence-electron chi connectivity index (χ1n) is 10.7. The second-order valence-corrected chi connectivity index (χ2v) is 7.72. The summed E-state index contributed by atoms with van der Waals surface area (Å²) in [5.41, 5.74) is 7.21. The third-order valence-corrected chi connectivity index (χ3v) is 5.58. The number of aromatic amines is 1. The van der Waals surface area contributed by atoms with Crippen LogP contribution in [0.1, 0.15) is 16.1 Å². The Balaban J connectivity index is 1.31. The Morgan fingerprint density at radius 3 is 2.74 bits per heavy atom. The highest BCUT2D eigenvalue weighted by Crippen LogP contribution is 2.32. The summed E-state index contributed by atoms with van der Waals surface area (Å²) in [5, 5.41) is 9.74. The van der Waals surface area contributed by atoms with Crippen molar-refractivity contribution < 1.29 is 14.3 Å². The molecule has 3 heterocycles. The minimum Gasteiger partial charge on any atom is -0.454 e. The highest BCUT2D eigenvalue weighted by atomic mass is 16.7. The van der Waals surface area contributed by atoms with E-state index in [1.54, 1.807) is 29.1 Å². The van der Waals surface area contributed by atoms with Gasteiger partial charge in [0.25, 0.3) is 5.91 Å². The first-order chi connectivity index (χ1) is 16.8. The number of aromatic nitrogens is 3. The minimum absolute atomic E-state index is 0.204. The summed E-state index contributed by atoms with van der Waals surface area (Å²) in [5.74, 6) is 0.936. The van der Waals surface area contributed by atoms with Crippen molar-refractivity contribution in [2.24, 2.45) is 5.10 Å². The lowest BCUT2D eigenvalue weighted by Gasteiger charge is -2.06. The van der Waals surface area contributed by atoms with Crippen LogP contribution in [0.3, 0.4) is 0 Å². The van der Waals surface area contributed by atoms with E-state index in [2.05, 4.69) is 20.6 Å². The number of hydrogen-bond acceptors (Lipinski definition) is 5. The Morgan fingerprint density at radius 2 is 1.82 bits per heavy atom. The quantitative estimate of drug-likeness (QED) is 0.305. The summed E-state index contributed by atoms with van der Waals surface area (Å²) in [6, 6.07) is 25.0. The molecule has 0 fully saturated rings. The van der Waals surface area contributed by atoms with Gasteiger partial charge in [-0.1, -0.05) is 36.4 Å². The molecular formula is C26H19N5O3. The van der Waals surface area contributed by atoms with Crippen LogP contribution in [0.4, 0.5) is 0 Å². The average Bonchev–Trinajstić information content (AvgIpc) is 3.62. The lowest BCUT2D eigenvalue weighted by molar-refractivity contribution is 0.0949. The fourth-order valence-corrected chi connectivity index (χ4v) is 3.95. The SMILES string of the molecule is O=C(N/N=C\c1ccc2c(c1)OCO2)c1cc(-c2c[nH]c3ccccc23)n(-c2ccccc2)n1. The predicted molar refractivity (Wildman–Crippen MR) is 128 cm³/mol. The molecule has 1 aliphatic rings. The molecule has 8 heteroatoms. The fourth-order valence-electron chi connectivity index (χ4n) is 3.95. The number of amides is 1. The standard InChI is InChI=1S/C26H19N5O3/c32-26(29-28-14-17-10-11-24-25(12-17)34-16-33-24)22-13-23(31(30-22)18-6-2-1-3-7-18)20-15-27-21-9-5-4-8-19(20)21/h1-15,27H,16H2,(H,29,32)/b28-14-. The number of nitrogens with one attached hydrogen (secondary N) is 2. The predicted octanol–water partition coefficient (Wildman–Crippen LogP) is 4.51. The van der Waals surface area contributed by atoms with Crippen molar-refractivity contribution in [3.8, 4) is 28.4 Å². The van der Waals surface area contributed by atoms with E-state index in [-0.39, 0.29) is 12.5 Å². The molecule has 34 heavy (non-hydrogen) atoms. The van der Waals surface area contributed by atoms with Crippen LogP contribution < -0.4 is 14.9 Å². The Hall–Kier alpha value is -4.85. The maximum absolute atomic E-state index is 12.9. The lowest BCUT2D eigenvalue weighted by atomic mass is 10.1. The molecule has 1 amide bonds. The Labute approximate surface area is 194 Å². The number of carbonyl (C=O) groups excluding carboxylic acids is 1. The molecule has 0 unspecified atom stereocenters. The average molecular weight is 449 g/mol. The van der Waals surface area contributed by atoms with Crippen molar-refractivity contribution in [1.82, 2.24) is 20.2 Å². The number of para-hydroxylation sites is 2. The fraction of sp³-hybridized carbons (Fsp3) is 0.0385. The smallest absolute Gasteiger partial charge is 0.291 e. The van der Waals surface area contributed by atoms with Gasteiger partial charge in [0.1, 0.15) is 0 Å². The molecule has 5 aromatic rings. The van der Waals surface area contributed by atoms with E-state index in [0.717, 1.165) is 33.4 Å². The maximum Gasteiger partial charge on any atom is 0.291 e. The number of rotatable bonds is 5. The van der Waals surface area contributed by atoms with Gasteiger partial charge >= 0.3 is 0 Å². The molecule has 0 bridgehead atoms. The monoisotopic (exact) mass is 449 g/mol. The normalized spacial score (nSPS) is 12.5. The summed E-state index contributed by atoms with van der Waals surface area (Å²) in [6.07, 6.45) is 3.48. The van der Waals surface area contributed by atoms with Gasteiger partial charge in [0.2, 0.25) is 6.79 Å².